The number of likely N-dealkylation sites (tertiary alicyclic amines) is 1. The van der Waals surface area contributed by atoms with Gasteiger partial charge in [0.2, 0.25) is 5.91 Å². The van der Waals surface area contributed by atoms with Crippen molar-refractivity contribution in [2.75, 3.05) is 13.1 Å². The summed E-state index contributed by atoms with van der Waals surface area (Å²) in [5, 5.41) is 3.43. The fourth-order valence-corrected chi connectivity index (χ4v) is 4.38. The first-order valence-corrected chi connectivity index (χ1v) is 9.04. The molecule has 21 heavy (non-hydrogen) atoms. The Morgan fingerprint density at radius 2 is 1.71 bits per heavy atom. The molecule has 1 aliphatic carbocycles. The van der Waals surface area contributed by atoms with E-state index < -0.39 is 0 Å². The predicted molar refractivity (Wildman–Crippen MR) is 85.9 cm³/mol. The molecule has 3 rings (SSSR count). The van der Waals surface area contributed by atoms with E-state index in [1.165, 1.54) is 25.7 Å². The zero-order chi connectivity index (χ0) is 15.1. The Bertz CT molecular complexity index is 389. The van der Waals surface area contributed by atoms with Crippen molar-refractivity contribution in [3.8, 4) is 0 Å². The summed E-state index contributed by atoms with van der Waals surface area (Å²) in [5.74, 6) is 4.02. The van der Waals surface area contributed by atoms with Crippen molar-refractivity contribution in [1.29, 1.82) is 0 Å². The van der Waals surface area contributed by atoms with Crippen molar-refractivity contribution in [3.63, 3.8) is 0 Å². The molecular weight excluding hydrogens is 260 g/mol. The van der Waals surface area contributed by atoms with Crippen molar-refractivity contribution >= 4 is 5.91 Å². The topological polar surface area (TPSA) is 42.2 Å². The van der Waals surface area contributed by atoms with Crippen LogP contribution in [0.5, 0.6) is 0 Å². The quantitative estimate of drug-likeness (QED) is 0.810. The van der Waals surface area contributed by atoms with E-state index in [0.717, 1.165) is 30.8 Å². The van der Waals surface area contributed by atoms with E-state index in [2.05, 4.69) is 37.9 Å². The fraction of sp³-hybridized carbons (Fsp3) is 0.944. The zero-order valence-electron chi connectivity index (χ0n) is 14.1. The molecular formula is C18H32N2O. The largest absolute Gasteiger partial charge is 0.341 e. The lowest BCUT2D eigenvalue weighted by molar-refractivity contribution is -0.131. The molecule has 0 spiro atoms. The average Bonchev–Trinajstić information content (AvgIpc) is 3.31. The molecule has 4 atom stereocenters. The first-order chi connectivity index (χ1) is 9.99. The van der Waals surface area contributed by atoms with Crippen LogP contribution in [0.15, 0.2) is 0 Å². The van der Waals surface area contributed by atoms with Crippen LogP contribution in [0.1, 0.15) is 53.4 Å². The molecule has 3 aliphatic rings. The summed E-state index contributed by atoms with van der Waals surface area (Å²) in [5.41, 5.74) is 0. The molecule has 3 heteroatoms. The van der Waals surface area contributed by atoms with Crippen LogP contribution in [0.2, 0.25) is 0 Å². The third kappa shape index (κ3) is 3.28. The van der Waals surface area contributed by atoms with Crippen molar-refractivity contribution in [1.82, 2.24) is 10.2 Å². The standard InChI is InChI=1S/C18H32N2O/c1-11(2)14-6-5-9-20(10-15(14)12(3)4)18(21)17-16(19-17)13-7-8-13/h11-17,19H,5-10H2,1-4H3/t14?,15?,16-,17+/m0/s1. The Hall–Kier alpha value is -0.570. The molecule has 120 valence electrons. The number of nitrogens with one attached hydrogen (secondary N) is 1. The van der Waals surface area contributed by atoms with Crippen molar-refractivity contribution in [2.45, 2.75) is 65.5 Å². The average molecular weight is 292 g/mol. The molecule has 0 bridgehead atoms. The van der Waals surface area contributed by atoms with Gasteiger partial charge >= 0.3 is 0 Å². The van der Waals surface area contributed by atoms with Crippen LogP contribution >= 0.6 is 0 Å². The van der Waals surface area contributed by atoms with Crippen LogP contribution in [0.4, 0.5) is 0 Å². The maximum absolute atomic E-state index is 12.8. The lowest BCUT2D eigenvalue weighted by atomic mass is 9.75. The van der Waals surface area contributed by atoms with E-state index in [1.54, 1.807) is 0 Å². The van der Waals surface area contributed by atoms with Gasteiger partial charge in [0.15, 0.2) is 0 Å². The Morgan fingerprint density at radius 1 is 1.05 bits per heavy atom. The van der Waals surface area contributed by atoms with Crippen molar-refractivity contribution in [3.05, 3.63) is 0 Å². The van der Waals surface area contributed by atoms with Crippen LogP contribution in [-0.4, -0.2) is 36.0 Å². The van der Waals surface area contributed by atoms with Crippen LogP contribution in [0, 0.1) is 29.6 Å². The summed E-state index contributed by atoms with van der Waals surface area (Å²) in [6.07, 6.45) is 5.12. The second-order valence-electron chi connectivity index (χ2n) is 8.25. The minimum atomic E-state index is 0.154. The van der Waals surface area contributed by atoms with E-state index in [1.807, 2.05) is 0 Å². The Kier molecular flexibility index (Phi) is 4.31. The minimum Gasteiger partial charge on any atom is -0.341 e. The summed E-state index contributed by atoms with van der Waals surface area (Å²) >= 11 is 0. The molecule has 3 fully saturated rings. The highest BCUT2D eigenvalue weighted by molar-refractivity contribution is 5.86. The molecule has 2 heterocycles. The van der Waals surface area contributed by atoms with Gasteiger partial charge in [-0.1, -0.05) is 27.7 Å². The molecule has 0 aromatic heterocycles. The Balaban J connectivity index is 1.64. The second-order valence-corrected chi connectivity index (χ2v) is 8.25. The molecule has 2 aliphatic heterocycles. The maximum atomic E-state index is 12.8. The fourth-order valence-electron chi connectivity index (χ4n) is 4.38. The van der Waals surface area contributed by atoms with Crippen molar-refractivity contribution < 1.29 is 4.79 Å². The SMILES string of the molecule is CC(C)C1CCCN(C(=O)[C@@H]2N[C@H]2C2CC2)CC1C(C)C. The smallest absolute Gasteiger partial charge is 0.241 e. The van der Waals surface area contributed by atoms with Crippen LogP contribution in [0.25, 0.3) is 0 Å². The number of amides is 1. The summed E-state index contributed by atoms with van der Waals surface area (Å²) in [7, 11) is 0. The van der Waals surface area contributed by atoms with Gasteiger partial charge in [0.1, 0.15) is 6.04 Å². The Morgan fingerprint density at radius 3 is 2.29 bits per heavy atom. The zero-order valence-corrected chi connectivity index (χ0v) is 14.1. The normalized spacial score (nSPS) is 37.0. The maximum Gasteiger partial charge on any atom is 0.241 e. The molecule has 0 radical (unpaired) electrons. The molecule has 1 amide bonds. The van der Waals surface area contributed by atoms with Gasteiger partial charge in [-0.3, -0.25) is 10.1 Å². The molecule has 2 saturated heterocycles. The number of nitrogens with zero attached hydrogens (tertiary/aromatic N) is 1. The van der Waals surface area contributed by atoms with E-state index in [-0.39, 0.29) is 6.04 Å². The lowest BCUT2D eigenvalue weighted by Crippen LogP contribution is -2.41. The van der Waals surface area contributed by atoms with Gasteiger partial charge in [-0.25, -0.2) is 0 Å². The predicted octanol–water partition coefficient (Wildman–Crippen LogP) is 2.90. The molecule has 1 N–H and O–H groups in total. The molecule has 3 nitrogen and oxygen atoms in total. The summed E-state index contributed by atoms with van der Waals surface area (Å²) in [6.45, 7) is 11.3. The number of carbonyl (C=O) groups excluding carboxylic acids is 1. The second kappa shape index (κ2) is 5.91. The monoisotopic (exact) mass is 292 g/mol. The van der Waals surface area contributed by atoms with Crippen LogP contribution < -0.4 is 5.32 Å². The van der Waals surface area contributed by atoms with E-state index in [0.29, 0.717) is 23.8 Å². The van der Waals surface area contributed by atoms with Crippen LogP contribution in [-0.2, 0) is 4.79 Å². The van der Waals surface area contributed by atoms with E-state index in [9.17, 15) is 4.79 Å². The van der Waals surface area contributed by atoms with Gasteiger partial charge < -0.3 is 4.90 Å². The number of hydrogen-bond donors (Lipinski definition) is 1. The summed E-state index contributed by atoms with van der Waals surface area (Å²) in [6, 6.07) is 0.667. The van der Waals surface area contributed by atoms with Gasteiger partial charge in [-0.05, 0) is 55.3 Å². The van der Waals surface area contributed by atoms with Crippen LogP contribution in [0.3, 0.4) is 0 Å². The van der Waals surface area contributed by atoms with E-state index >= 15 is 0 Å². The van der Waals surface area contributed by atoms with Crippen molar-refractivity contribution in [2.24, 2.45) is 29.6 Å². The van der Waals surface area contributed by atoms with Gasteiger partial charge in [0.05, 0.1) is 0 Å². The van der Waals surface area contributed by atoms with Gasteiger partial charge in [-0.2, -0.15) is 0 Å². The highest BCUT2D eigenvalue weighted by Crippen LogP contribution is 2.41. The molecule has 0 aromatic carbocycles. The first kappa shape index (κ1) is 15.3. The third-order valence-electron chi connectivity index (χ3n) is 5.99. The molecule has 2 unspecified atom stereocenters. The lowest BCUT2D eigenvalue weighted by Gasteiger charge is -2.33. The summed E-state index contributed by atoms with van der Waals surface area (Å²) in [4.78, 5) is 15.0. The third-order valence-corrected chi connectivity index (χ3v) is 5.99. The minimum absolute atomic E-state index is 0.154. The first-order valence-electron chi connectivity index (χ1n) is 9.04. The van der Waals surface area contributed by atoms with Gasteiger partial charge in [0, 0.05) is 19.1 Å². The highest BCUT2D eigenvalue weighted by atomic mass is 16.2. The Labute approximate surface area is 129 Å². The van der Waals surface area contributed by atoms with E-state index in [4.69, 9.17) is 0 Å². The number of rotatable bonds is 4. The number of carbonyl (C=O) groups is 1. The highest BCUT2D eigenvalue weighted by Gasteiger charge is 2.52. The summed E-state index contributed by atoms with van der Waals surface area (Å²) < 4.78 is 0. The van der Waals surface area contributed by atoms with Gasteiger partial charge in [0.25, 0.3) is 0 Å². The number of hydrogen-bond acceptors (Lipinski definition) is 2. The molecule has 0 aromatic rings. The van der Waals surface area contributed by atoms with Gasteiger partial charge in [-0.15, -0.1) is 0 Å². The molecule has 1 saturated carbocycles.